The molecule has 1 atom stereocenters. The summed E-state index contributed by atoms with van der Waals surface area (Å²) in [6.45, 7) is 9.32. The van der Waals surface area contributed by atoms with Gasteiger partial charge in [-0.05, 0) is 76.1 Å². The van der Waals surface area contributed by atoms with Crippen LogP contribution in [0.15, 0.2) is 48.5 Å². The summed E-state index contributed by atoms with van der Waals surface area (Å²) in [6.07, 6.45) is 0.384. The second kappa shape index (κ2) is 11.4. The molecule has 0 saturated carbocycles. The zero-order valence-electron chi connectivity index (χ0n) is 20.9. The topological polar surface area (TPSA) is 99.2 Å². The summed E-state index contributed by atoms with van der Waals surface area (Å²) in [7, 11) is 0. The Morgan fingerprint density at radius 1 is 0.971 bits per heavy atom. The lowest BCUT2D eigenvalue weighted by Gasteiger charge is -2.37. The van der Waals surface area contributed by atoms with Crippen LogP contribution in [0.5, 0.6) is 5.75 Å². The van der Waals surface area contributed by atoms with Crippen LogP contribution in [0.2, 0.25) is 0 Å². The number of amides is 1. The molecule has 1 aliphatic heterocycles. The summed E-state index contributed by atoms with van der Waals surface area (Å²) in [5, 5.41) is 12.7. The summed E-state index contributed by atoms with van der Waals surface area (Å²) in [6, 6.07) is 13.6. The first kappa shape index (κ1) is 26.2. The number of aromatic hydroxyl groups is 1. The minimum absolute atomic E-state index is 0.0329. The maximum absolute atomic E-state index is 13.4. The number of nitrogens with one attached hydrogen (secondary N) is 1. The fourth-order valence-corrected chi connectivity index (χ4v) is 4.01. The van der Waals surface area contributed by atoms with Gasteiger partial charge in [0.05, 0.1) is 12.6 Å². The Balaban J connectivity index is 1.64. The number of rotatable bonds is 8. The number of carbonyl (C=O) groups excluding carboxylic acids is 3. The standard InChI is InChI=1S/C27H35N3O5/c1-19(31)21-7-9-22(10-8-21)29-13-15-30(16-14-29)26(34)24(17-20-5-11-23(32)12-6-20)28-18-25(33)35-27(2,3)4/h5-12,24,28,32H,13-18H2,1-4H3. The molecule has 1 heterocycles. The van der Waals surface area contributed by atoms with Gasteiger partial charge in [0.15, 0.2) is 5.78 Å². The molecule has 0 aromatic heterocycles. The Hall–Kier alpha value is -3.39. The number of carbonyl (C=O) groups is 3. The van der Waals surface area contributed by atoms with Crippen LogP contribution in [-0.2, 0) is 20.7 Å². The molecule has 8 heteroatoms. The van der Waals surface area contributed by atoms with Crippen molar-refractivity contribution >= 4 is 23.3 Å². The van der Waals surface area contributed by atoms with E-state index in [1.54, 1.807) is 52.0 Å². The maximum Gasteiger partial charge on any atom is 0.320 e. The molecule has 1 amide bonds. The third-order valence-corrected chi connectivity index (χ3v) is 5.82. The van der Waals surface area contributed by atoms with E-state index in [4.69, 9.17) is 4.74 Å². The van der Waals surface area contributed by atoms with E-state index in [2.05, 4.69) is 10.2 Å². The molecule has 8 nitrogen and oxygen atoms in total. The highest BCUT2D eigenvalue weighted by molar-refractivity contribution is 5.94. The molecule has 2 aromatic rings. The molecule has 1 aliphatic rings. The van der Waals surface area contributed by atoms with Crippen LogP contribution in [0.3, 0.4) is 0 Å². The lowest BCUT2D eigenvalue weighted by atomic mass is 10.0. The zero-order chi connectivity index (χ0) is 25.6. The van der Waals surface area contributed by atoms with Crippen LogP contribution in [-0.4, -0.2) is 72.0 Å². The molecule has 35 heavy (non-hydrogen) atoms. The number of hydrogen-bond donors (Lipinski definition) is 2. The number of ketones is 1. The van der Waals surface area contributed by atoms with Crippen molar-refractivity contribution in [1.29, 1.82) is 0 Å². The van der Waals surface area contributed by atoms with Crippen molar-refractivity contribution in [2.75, 3.05) is 37.6 Å². The van der Waals surface area contributed by atoms with Crippen LogP contribution in [0.1, 0.15) is 43.6 Å². The highest BCUT2D eigenvalue weighted by Crippen LogP contribution is 2.19. The highest BCUT2D eigenvalue weighted by atomic mass is 16.6. The van der Waals surface area contributed by atoms with E-state index in [1.807, 2.05) is 29.2 Å². The molecule has 0 radical (unpaired) electrons. The van der Waals surface area contributed by atoms with Crippen molar-refractivity contribution < 1.29 is 24.2 Å². The van der Waals surface area contributed by atoms with Crippen LogP contribution in [0, 0.1) is 0 Å². The molecule has 1 saturated heterocycles. The van der Waals surface area contributed by atoms with Crippen LogP contribution in [0.25, 0.3) is 0 Å². The Bertz CT molecular complexity index is 1020. The molecule has 0 aliphatic carbocycles. The maximum atomic E-state index is 13.4. The lowest BCUT2D eigenvalue weighted by Crippen LogP contribution is -2.55. The lowest BCUT2D eigenvalue weighted by molar-refractivity contribution is -0.153. The first-order chi connectivity index (χ1) is 16.5. The number of anilines is 1. The number of piperazine rings is 1. The number of esters is 1. The van der Waals surface area contributed by atoms with E-state index in [0.29, 0.717) is 38.2 Å². The molecule has 0 spiro atoms. The Kier molecular flexibility index (Phi) is 8.51. The first-order valence-corrected chi connectivity index (χ1v) is 11.9. The molecule has 2 N–H and O–H groups in total. The van der Waals surface area contributed by atoms with Crippen LogP contribution >= 0.6 is 0 Å². The minimum Gasteiger partial charge on any atom is -0.508 e. The zero-order valence-corrected chi connectivity index (χ0v) is 20.9. The number of phenolic OH excluding ortho intramolecular Hbond substituents is 1. The van der Waals surface area contributed by atoms with Gasteiger partial charge in [0, 0.05) is 37.4 Å². The molecule has 2 aromatic carbocycles. The fraction of sp³-hybridized carbons (Fsp3) is 0.444. The van der Waals surface area contributed by atoms with Gasteiger partial charge in [-0.25, -0.2) is 0 Å². The molecule has 3 rings (SSSR count). The van der Waals surface area contributed by atoms with Crippen molar-refractivity contribution in [1.82, 2.24) is 10.2 Å². The van der Waals surface area contributed by atoms with Gasteiger partial charge < -0.3 is 19.6 Å². The second-order valence-electron chi connectivity index (χ2n) is 9.81. The smallest absolute Gasteiger partial charge is 0.320 e. The van der Waals surface area contributed by atoms with Crippen LogP contribution in [0.4, 0.5) is 5.69 Å². The summed E-state index contributed by atoms with van der Waals surface area (Å²) in [5.74, 6) is -0.302. The summed E-state index contributed by atoms with van der Waals surface area (Å²) in [4.78, 5) is 41.2. The SMILES string of the molecule is CC(=O)c1ccc(N2CCN(C(=O)C(Cc3ccc(O)cc3)NCC(=O)OC(C)(C)C)CC2)cc1. The third kappa shape index (κ3) is 7.82. The predicted molar refractivity (Wildman–Crippen MR) is 135 cm³/mol. The van der Waals surface area contributed by atoms with E-state index in [-0.39, 0.29) is 24.0 Å². The van der Waals surface area contributed by atoms with Crippen molar-refractivity contribution in [2.24, 2.45) is 0 Å². The van der Waals surface area contributed by atoms with E-state index < -0.39 is 17.6 Å². The van der Waals surface area contributed by atoms with Gasteiger partial charge in [0.2, 0.25) is 5.91 Å². The monoisotopic (exact) mass is 481 g/mol. The van der Waals surface area contributed by atoms with Crippen molar-refractivity contribution in [2.45, 2.75) is 45.8 Å². The Morgan fingerprint density at radius 3 is 2.11 bits per heavy atom. The summed E-state index contributed by atoms with van der Waals surface area (Å²) in [5.41, 5.74) is 1.97. The number of nitrogens with zero attached hydrogens (tertiary/aromatic N) is 2. The van der Waals surface area contributed by atoms with E-state index >= 15 is 0 Å². The first-order valence-electron chi connectivity index (χ1n) is 11.9. The minimum atomic E-state index is -0.603. The van der Waals surface area contributed by atoms with Gasteiger partial charge in [-0.3, -0.25) is 19.7 Å². The third-order valence-electron chi connectivity index (χ3n) is 5.82. The average molecular weight is 482 g/mol. The molecule has 1 fully saturated rings. The normalized spacial score (nSPS) is 15.0. The molecule has 0 bridgehead atoms. The summed E-state index contributed by atoms with van der Waals surface area (Å²) >= 11 is 0. The highest BCUT2D eigenvalue weighted by Gasteiger charge is 2.29. The predicted octanol–water partition coefficient (Wildman–Crippen LogP) is 2.79. The molecular weight excluding hydrogens is 446 g/mol. The van der Waals surface area contributed by atoms with E-state index in [1.165, 1.54) is 0 Å². The Labute approximate surface area is 206 Å². The second-order valence-corrected chi connectivity index (χ2v) is 9.81. The van der Waals surface area contributed by atoms with Gasteiger partial charge in [-0.2, -0.15) is 0 Å². The quantitative estimate of drug-likeness (QED) is 0.442. The average Bonchev–Trinajstić information content (AvgIpc) is 2.81. The number of phenols is 1. The number of ether oxygens (including phenoxy) is 1. The number of hydrogen-bond acceptors (Lipinski definition) is 7. The van der Waals surface area contributed by atoms with Gasteiger partial charge in [-0.1, -0.05) is 12.1 Å². The fourth-order valence-electron chi connectivity index (χ4n) is 4.01. The summed E-state index contributed by atoms with van der Waals surface area (Å²) < 4.78 is 5.38. The van der Waals surface area contributed by atoms with Crippen LogP contribution < -0.4 is 10.2 Å². The van der Waals surface area contributed by atoms with Gasteiger partial charge in [0.25, 0.3) is 0 Å². The van der Waals surface area contributed by atoms with E-state index in [0.717, 1.165) is 11.3 Å². The molecular formula is C27H35N3O5. The molecule has 1 unspecified atom stereocenters. The van der Waals surface area contributed by atoms with Gasteiger partial charge >= 0.3 is 5.97 Å². The van der Waals surface area contributed by atoms with Gasteiger partial charge in [0.1, 0.15) is 11.4 Å². The number of benzene rings is 2. The largest absolute Gasteiger partial charge is 0.508 e. The van der Waals surface area contributed by atoms with Gasteiger partial charge in [-0.15, -0.1) is 0 Å². The van der Waals surface area contributed by atoms with Crippen molar-refractivity contribution in [3.63, 3.8) is 0 Å². The van der Waals surface area contributed by atoms with Crippen molar-refractivity contribution in [3.8, 4) is 5.75 Å². The van der Waals surface area contributed by atoms with E-state index in [9.17, 15) is 19.5 Å². The molecule has 188 valence electrons. The Morgan fingerprint density at radius 2 is 1.57 bits per heavy atom. The van der Waals surface area contributed by atoms with Crippen molar-refractivity contribution in [3.05, 3.63) is 59.7 Å². The number of Topliss-reactive ketones (excluding diaryl/α,β-unsaturated/α-hetero) is 1.